The van der Waals surface area contributed by atoms with Crippen LogP contribution in [0, 0.1) is 5.92 Å². The lowest BCUT2D eigenvalue weighted by molar-refractivity contribution is -0.125. The molecule has 3 N–H and O–H groups in total. The molecule has 1 fully saturated rings. The van der Waals surface area contributed by atoms with Crippen molar-refractivity contribution < 1.29 is 19.4 Å². The Bertz CT molecular complexity index is 578. The van der Waals surface area contributed by atoms with Crippen LogP contribution in [0.15, 0.2) is 24.3 Å². The fourth-order valence-corrected chi connectivity index (χ4v) is 2.70. The van der Waals surface area contributed by atoms with Crippen LogP contribution in [-0.2, 0) is 9.59 Å². The molecule has 2 heterocycles. The topological polar surface area (TPSA) is 90.9 Å². The van der Waals surface area contributed by atoms with Crippen LogP contribution in [-0.4, -0.2) is 55.8 Å². The molecule has 0 bridgehead atoms. The summed E-state index contributed by atoms with van der Waals surface area (Å²) in [5, 5.41) is 15.5. The van der Waals surface area contributed by atoms with E-state index in [0.29, 0.717) is 31.1 Å². The number of nitrogens with zero attached hydrogens (tertiary/aromatic N) is 1. The lowest BCUT2D eigenvalue weighted by Gasteiger charge is -2.28. The number of hydrogen-bond donors (Lipinski definition) is 3. The highest BCUT2D eigenvalue weighted by atomic mass is 16.5. The van der Waals surface area contributed by atoms with Crippen molar-refractivity contribution in [3.05, 3.63) is 24.3 Å². The minimum atomic E-state index is -0.439. The van der Waals surface area contributed by atoms with Crippen molar-refractivity contribution in [1.82, 2.24) is 10.6 Å². The molecule has 1 aromatic carbocycles. The second-order valence-electron chi connectivity index (χ2n) is 5.53. The molecular weight excluding hydrogens is 286 g/mol. The van der Waals surface area contributed by atoms with Gasteiger partial charge in [0.05, 0.1) is 11.8 Å². The average Bonchev–Trinajstić information content (AvgIpc) is 2.93. The first-order valence-electron chi connectivity index (χ1n) is 7.33. The van der Waals surface area contributed by atoms with Gasteiger partial charge in [-0.1, -0.05) is 12.1 Å². The zero-order valence-electron chi connectivity index (χ0n) is 12.1. The predicted octanol–water partition coefficient (Wildman–Crippen LogP) is -0.891. The van der Waals surface area contributed by atoms with E-state index >= 15 is 0 Å². The highest BCUT2D eigenvalue weighted by Gasteiger charge is 2.28. The van der Waals surface area contributed by atoms with E-state index in [9.17, 15) is 14.7 Å². The summed E-state index contributed by atoms with van der Waals surface area (Å²) < 4.78 is 5.34. The highest BCUT2D eigenvalue weighted by molar-refractivity contribution is 6.02. The summed E-state index contributed by atoms with van der Waals surface area (Å²) >= 11 is 0. The van der Waals surface area contributed by atoms with Gasteiger partial charge in [0.2, 0.25) is 5.91 Å². The number of anilines is 1. The standard InChI is InChI=1S/C15H19N3O4/c19-12-7-16-5-10(12)6-17-14(20)8-18-11-3-1-2-4-13(11)22-9-15(18)21/h1-4,10,12,16,19H,5-9H2,(H,17,20). The number of fused-ring (bicyclic) bond motifs is 1. The van der Waals surface area contributed by atoms with Gasteiger partial charge in [-0.05, 0) is 12.1 Å². The number of benzene rings is 1. The summed E-state index contributed by atoms with van der Waals surface area (Å²) in [7, 11) is 0. The molecule has 118 valence electrons. The van der Waals surface area contributed by atoms with Crippen LogP contribution >= 0.6 is 0 Å². The van der Waals surface area contributed by atoms with Crippen LogP contribution in [0.25, 0.3) is 0 Å². The third kappa shape index (κ3) is 3.05. The van der Waals surface area contributed by atoms with Crippen LogP contribution in [0.4, 0.5) is 5.69 Å². The van der Waals surface area contributed by atoms with Gasteiger partial charge in [0.25, 0.3) is 5.91 Å². The van der Waals surface area contributed by atoms with Crippen LogP contribution in [0.3, 0.4) is 0 Å². The molecule has 22 heavy (non-hydrogen) atoms. The van der Waals surface area contributed by atoms with Gasteiger partial charge in [0.15, 0.2) is 6.61 Å². The molecular formula is C15H19N3O4. The van der Waals surface area contributed by atoms with Crippen LogP contribution in [0.5, 0.6) is 5.75 Å². The number of carbonyl (C=O) groups excluding carboxylic acids is 2. The summed E-state index contributed by atoms with van der Waals surface area (Å²) in [6.45, 7) is 1.52. The van der Waals surface area contributed by atoms with Crippen LogP contribution in [0.2, 0.25) is 0 Å². The first-order chi connectivity index (χ1) is 10.6. The van der Waals surface area contributed by atoms with Gasteiger partial charge in [-0.3, -0.25) is 14.5 Å². The van der Waals surface area contributed by atoms with Crippen LogP contribution in [0.1, 0.15) is 0 Å². The Morgan fingerprint density at radius 2 is 2.23 bits per heavy atom. The minimum absolute atomic E-state index is 0.0108. The van der Waals surface area contributed by atoms with E-state index in [-0.39, 0.29) is 30.9 Å². The monoisotopic (exact) mass is 305 g/mol. The van der Waals surface area contributed by atoms with Crippen LogP contribution < -0.4 is 20.3 Å². The Morgan fingerprint density at radius 3 is 3.00 bits per heavy atom. The van der Waals surface area contributed by atoms with E-state index in [2.05, 4.69) is 10.6 Å². The molecule has 0 aromatic heterocycles. The molecule has 7 nitrogen and oxygen atoms in total. The number of β-amino-alcohol motifs (C(OH)–C–C–N with tert-alkyl or cyclic N) is 1. The summed E-state index contributed by atoms with van der Waals surface area (Å²) in [4.78, 5) is 25.5. The van der Waals surface area contributed by atoms with Gasteiger partial charge < -0.3 is 20.5 Å². The zero-order chi connectivity index (χ0) is 15.5. The number of hydrogen-bond acceptors (Lipinski definition) is 5. The van der Waals surface area contributed by atoms with Gasteiger partial charge in [0, 0.05) is 25.6 Å². The van der Waals surface area contributed by atoms with Crippen molar-refractivity contribution in [1.29, 1.82) is 0 Å². The Kier molecular flexibility index (Phi) is 4.26. The molecule has 3 rings (SSSR count). The van der Waals surface area contributed by atoms with Gasteiger partial charge >= 0.3 is 0 Å². The van der Waals surface area contributed by atoms with Gasteiger partial charge in [-0.15, -0.1) is 0 Å². The molecule has 2 unspecified atom stereocenters. The molecule has 0 spiro atoms. The smallest absolute Gasteiger partial charge is 0.265 e. The summed E-state index contributed by atoms with van der Waals surface area (Å²) in [5.41, 5.74) is 0.608. The van der Waals surface area contributed by atoms with Crippen molar-refractivity contribution in [2.24, 2.45) is 5.92 Å². The second kappa shape index (κ2) is 6.33. The molecule has 0 aliphatic carbocycles. The number of ether oxygens (including phenoxy) is 1. The first kappa shape index (κ1) is 14.8. The number of aliphatic hydroxyl groups is 1. The van der Waals surface area contributed by atoms with E-state index in [0.717, 1.165) is 0 Å². The number of rotatable bonds is 4. The SMILES string of the molecule is O=C(CN1C(=O)COc2ccccc21)NCC1CNCC1O. The van der Waals surface area contributed by atoms with Gasteiger partial charge in [-0.25, -0.2) is 0 Å². The number of carbonyl (C=O) groups is 2. The van der Waals surface area contributed by atoms with Crippen molar-refractivity contribution in [2.45, 2.75) is 6.10 Å². The fourth-order valence-electron chi connectivity index (χ4n) is 2.70. The zero-order valence-corrected chi connectivity index (χ0v) is 12.1. The van der Waals surface area contributed by atoms with Gasteiger partial charge in [0.1, 0.15) is 12.3 Å². The maximum absolute atomic E-state index is 12.1. The normalized spacial score (nSPS) is 23.9. The lowest BCUT2D eigenvalue weighted by Crippen LogP contribution is -2.46. The maximum Gasteiger partial charge on any atom is 0.265 e. The van der Waals surface area contributed by atoms with Crippen molar-refractivity contribution in [3.8, 4) is 5.75 Å². The fraction of sp³-hybridized carbons (Fsp3) is 0.467. The van der Waals surface area contributed by atoms with Crippen molar-refractivity contribution in [3.63, 3.8) is 0 Å². The predicted molar refractivity (Wildman–Crippen MR) is 79.7 cm³/mol. The summed E-state index contributed by atoms with van der Waals surface area (Å²) in [5.74, 6) is 0.127. The van der Waals surface area contributed by atoms with E-state index in [4.69, 9.17) is 4.74 Å². The maximum atomic E-state index is 12.1. The Hall–Kier alpha value is -2.12. The number of aliphatic hydroxyl groups excluding tert-OH is 1. The molecule has 0 radical (unpaired) electrons. The molecule has 2 aliphatic rings. The number of amides is 2. The Balaban J connectivity index is 1.60. The first-order valence-corrected chi connectivity index (χ1v) is 7.33. The summed E-state index contributed by atoms with van der Waals surface area (Å²) in [6.07, 6.45) is -0.439. The molecule has 2 atom stereocenters. The molecule has 0 saturated carbocycles. The third-order valence-corrected chi connectivity index (χ3v) is 3.98. The van der Waals surface area contributed by atoms with Gasteiger partial charge in [-0.2, -0.15) is 0 Å². The average molecular weight is 305 g/mol. The minimum Gasteiger partial charge on any atom is -0.482 e. The van der Waals surface area contributed by atoms with E-state index in [1.165, 1.54) is 4.90 Å². The van der Waals surface area contributed by atoms with E-state index < -0.39 is 6.10 Å². The molecule has 1 aromatic rings. The molecule has 2 aliphatic heterocycles. The number of para-hydroxylation sites is 2. The Morgan fingerprint density at radius 1 is 1.41 bits per heavy atom. The lowest BCUT2D eigenvalue weighted by atomic mass is 10.1. The van der Waals surface area contributed by atoms with E-state index in [1.807, 2.05) is 6.07 Å². The number of nitrogens with one attached hydrogen (secondary N) is 2. The molecule has 1 saturated heterocycles. The highest BCUT2D eigenvalue weighted by Crippen LogP contribution is 2.31. The van der Waals surface area contributed by atoms with Crippen molar-refractivity contribution in [2.75, 3.05) is 37.7 Å². The largest absolute Gasteiger partial charge is 0.482 e. The molecule has 2 amide bonds. The van der Waals surface area contributed by atoms with E-state index in [1.54, 1.807) is 18.2 Å². The Labute approximate surface area is 128 Å². The summed E-state index contributed by atoms with van der Waals surface area (Å²) in [6, 6.07) is 7.14. The second-order valence-corrected chi connectivity index (χ2v) is 5.53. The quantitative estimate of drug-likeness (QED) is 0.671. The van der Waals surface area contributed by atoms with Crippen molar-refractivity contribution >= 4 is 17.5 Å². The molecule has 7 heteroatoms. The third-order valence-electron chi connectivity index (χ3n) is 3.98.